The highest BCUT2D eigenvalue weighted by atomic mass is 79.9. The molecule has 20 heavy (non-hydrogen) atoms. The minimum Gasteiger partial charge on any atom is -0.378 e. The lowest BCUT2D eigenvalue weighted by atomic mass is 10.00. The number of rotatable bonds is 3. The van der Waals surface area contributed by atoms with Gasteiger partial charge in [0.2, 0.25) is 0 Å². The molecule has 0 bridgehead atoms. The van der Waals surface area contributed by atoms with Gasteiger partial charge >= 0.3 is 0 Å². The molecule has 2 aromatic carbocycles. The van der Waals surface area contributed by atoms with Crippen molar-refractivity contribution in [2.24, 2.45) is 0 Å². The molecule has 1 aliphatic carbocycles. The number of halogens is 1. The Bertz CT molecular complexity index is 619. The second kappa shape index (κ2) is 5.61. The van der Waals surface area contributed by atoms with Gasteiger partial charge in [0.1, 0.15) is 0 Å². The number of benzene rings is 2. The van der Waals surface area contributed by atoms with Crippen LogP contribution < -0.4 is 5.32 Å². The maximum atomic E-state index is 3.75. The summed E-state index contributed by atoms with van der Waals surface area (Å²) in [6, 6.07) is 15.8. The number of aryl methyl sites for hydroxylation is 1. The van der Waals surface area contributed by atoms with E-state index in [1.165, 1.54) is 33.3 Å². The van der Waals surface area contributed by atoms with E-state index < -0.39 is 0 Å². The Hall–Kier alpha value is -1.28. The largest absolute Gasteiger partial charge is 0.378 e. The Morgan fingerprint density at radius 2 is 1.95 bits per heavy atom. The topological polar surface area (TPSA) is 12.0 Å². The summed E-state index contributed by atoms with van der Waals surface area (Å²) in [4.78, 5) is 0. The molecule has 0 aromatic heterocycles. The quantitative estimate of drug-likeness (QED) is 0.764. The first-order valence-electron chi connectivity index (χ1n) is 7.29. The van der Waals surface area contributed by atoms with Crippen LogP contribution in [0.1, 0.15) is 48.9 Å². The van der Waals surface area contributed by atoms with Crippen molar-refractivity contribution in [2.45, 2.75) is 38.6 Å². The van der Waals surface area contributed by atoms with Crippen molar-refractivity contribution in [1.82, 2.24) is 0 Å². The second-order valence-corrected chi connectivity index (χ2v) is 6.74. The number of anilines is 1. The summed E-state index contributed by atoms with van der Waals surface area (Å²) in [7, 11) is 0. The maximum Gasteiger partial charge on any atom is 0.0519 e. The minimum absolute atomic E-state index is 0.443. The van der Waals surface area contributed by atoms with Crippen LogP contribution in [-0.2, 0) is 6.42 Å². The highest BCUT2D eigenvalue weighted by molar-refractivity contribution is 9.10. The number of hydrogen-bond acceptors (Lipinski definition) is 1. The Morgan fingerprint density at radius 3 is 2.75 bits per heavy atom. The third kappa shape index (κ3) is 2.62. The average molecular weight is 330 g/mol. The van der Waals surface area contributed by atoms with Crippen LogP contribution in [0.2, 0.25) is 0 Å². The number of para-hydroxylation sites is 1. The predicted molar refractivity (Wildman–Crippen MR) is 89.4 cm³/mol. The summed E-state index contributed by atoms with van der Waals surface area (Å²) < 4.78 is 1.18. The molecule has 0 aliphatic heterocycles. The Morgan fingerprint density at radius 1 is 1.15 bits per heavy atom. The zero-order valence-electron chi connectivity index (χ0n) is 12.0. The molecule has 1 N–H and O–H groups in total. The molecule has 3 rings (SSSR count). The monoisotopic (exact) mass is 329 g/mol. The van der Waals surface area contributed by atoms with E-state index in [1.54, 1.807) is 0 Å². The summed E-state index contributed by atoms with van der Waals surface area (Å²) in [6.45, 7) is 4.50. The van der Waals surface area contributed by atoms with Gasteiger partial charge in [-0.3, -0.25) is 0 Å². The van der Waals surface area contributed by atoms with Gasteiger partial charge in [-0.2, -0.15) is 0 Å². The van der Waals surface area contributed by atoms with Crippen molar-refractivity contribution in [3.63, 3.8) is 0 Å². The summed E-state index contributed by atoms with van der Waals surface area (Å²) in [6.07, 6.45) is 2.34. The van der Waals surface area contributed by atoms with E-state index in [1.807, 2.05) is 0 Å². The fourth-order valence-corrected chi connectivity index (χ4v) is 3.46. The highest BCUT2D eigenvalue weighted by Gasteiger charge is 2.23. The van der Waals surface area contributed by atoms with Gasteiger partial charge in [0.15, 0.2) is 0 Å². The van der Waals surface area contributed by atoms with Crippen LogP contribution in [0.5, 0.6) is 0 Å². The van der Waals surface area contributed by atoms with Gasteiger partial charge in [-0.05, 0) is 53.6 Å². The molecule has 0 heterocycles. The van der Waals surface area contributed by atoms with E-state index in [9.17, 15) is 0 Å². The molecule has 0 amide bonds. The highest BCUT2D eigenvalue weighted by Crippen LogP contribution is 2.36. The van der Waals surface area contributed by atoms with Crippen molar-refractivity contribution < 1.29 is 0 Å². The van der Waals surface area contributed by atoms with Gasteiger partial charge in [0, 0.05) is 10.2 Å². The molecule has 1 nitrogen and oxygen atoms in total. The SMILES string of the molecule is CC(C)c1ccccc1NC1CCc2cc(Br)ccc21. The molecule has 1 aliphatic rings. The normalized spacial score (nSPS) is 17.3. The summed E-state index contributed by atoms with van der Waals surface area (Å²) in [5, 5.41) is 3.75. The molecule has 0 radical (unpaired) electrons. The molecule has 2 heteroatoms. The van der Waals surface area contributed by atoms with Crippen LogP contribution in [0.15, 0.2) is 46.9 Å². The van der Waals surface area contributed by atoms with E-state index in [0.29, 0.717) is 12.0 Å². The minimum atomic E-state index is 0.443. The maximum absolute atomic E-state index is 3.75. The molecule has 0 saturated carbocycles. The third-order valence-corrected chi connectivity index (χ3v) is 4.59. The average Bonchev–Trinajstić information content (AvgIpc) is 2.81. The fraction of sp³-hybridized carbons (Fsp3) is 0.333. The van der Waals surface area contributed by atoms with Crippen LogP contribution in [-0.4, -0.2) is 0 Å². The third-order valence-electron chi connectivity index (χ3n) is 4.10. The fourth-order valence-electron chi connectivity index (χ4n) is 3.06. The molecule has 0 saturated heterocycles. The van der Waals surface area contributed by atoms with Crippen LogP contribution in [0.3, 0.4) is 0 Å². The van der Waals surface area contributed by atoms with E-state index in [2.05, 4.69) is 77.6 Å². The lowest BCUT2D eigenvalue weighted by molar-refractivity contribution is 0.755. The van der Waals surface area contributed by atoms with Crippen LogP contribution in [0.4, 0.5) is 5.69 Å². The summed E-state index contributed by atoms with van der Waals surface area (Å²) >= 11 is 3.56. The lowest BCUT2D eigenvalue weighted by Crippen LogP contribution is -2.09. The molecule has 104 valence electrons. The second-order valence-electron chi connectivity index (χ2n) is 5.82. The van der Waals surface area contributed by atoms with Crippen molar-refractivity contribution in [2.75, 3.05) is 5.32 Å². The Balaban J connectivity index is 1.88. The van der Waals surface area contributed by atoms with Gasteiger partial charge in [0.25, 0.3) is 0 Å². The first kappa shape index (κ1) is 13.7. The van der Waals surface area contributed by atoms with Crippen molar-refractivity contribution in [3.05, 3.63) is 63.6 Å². The van der Waals surface area contributed by atoms with Crippen molar-refractivity contribution >= 4 is 21.6 Å². The summed E-state index contributed by atoms with van der Waals surface area (Å²) in [5.74, 6) is 0.546. The summed E-state index contributed by atoms with van der Waals surface area (Å²) in [5.41, 5.74) is 5.60. The van der Waals surface area contributed by atoms with Crippen molar-refractivity contribution in [3.8, 4) is 0 Å². The standard InChI is InChI=1S/C18H20BrN/c1-12(2)15-5-3-4-6-17(15)20-18-10-7-13-11-14(19)8-9-16(13)18/h3-6,8-9,11-12,18,20H,7,10H2,1-2H3. The molecule has 1 atom stereocenters. The first-order valence-corrected chi connectivity index (χ1v) is 8.08. The molecule has 0 fully saturated rings. The van der Waals surface area contributed by atoms with Gasteiger partial charge < -0.3 is 5.32 Å². The molecular weight excluding hydrogens is 310 g/mol. The zero-order chi connectivity index (χ0) is 14.1. The van der Waals surface area contributed by atoms with E-state index in [4.69, 9.17) is 0 Å². The number of nitrogens with one attached hydrogen (secondary N) is 1. The predicted octanol–water partition coefficient (Wildman–Crippen LogP) is 5.67. The zero-order valence-corrected chi connectivity index (χ0v) is 13.6. The van der Waals surface area contributed by atoms with Gasteiger partial charge in [0.05, 0.1) is 6.04 Å². The van der Waals surface area contributed by atoms with E-state index >= 15 is 0 Å². The first-order chi connectivity index (χ1) is 9.65. The van der Waals surface area contributed by atoms with Gasteiger partial charge in [-0.15, -0.1) is 0 Å². The molecule has 2 aromatic rings. The lowest BCUT2D eigenvalue weighted by Gasteiger charge is -2.20. The van der Waals surface area contributed by atoms with Crippen molar-refractivity contribution in [1.29, 1.82) is 0 Å². The van der Waals surface area contributed by atoms with Gasteiger partial charge in [-0.1, -0.05) is 54.0 Å². The van der Waals surface area contributed by atoms with Gasteiger partial charge in [-0.25, -0.2) is 0 Å². The van der Waals surface area contributed by atoms with E-state index in [0.717, 1.165) is 6.42 Å². The number of fused-ring (bicyclic) bond motifs is 1. The number of hydrogen-bond donors (Lipinski definition) is 1. The molecular formula is C18H20BrN. The van der Waals surface area contributed by atoms with Crippen LogP contribution in [0, 0.1) is 0 Å². The smallest absolute Gasteiger partial charge is 0.0519 e. The van der Waals surface area contributed by atoms with Crippen LogP contribution in [0.25, 0.3) is 0 Å². The molecule has 0 spiro atoms. The van der Waals surface area contributed by atoms with E-state index in [-0.39, 0.29) is 0 Å². The molecule has 1 unspecified atom stereocenters. The Labute approximate surface area is 129 Å². The van der Waals surface area contributed by atoms with Crippen LogP contribution >= 0.6 is 15.9 Å². The Kier molecular flexibility index (Phi) is 3.84.